The summed E-state index contributed by atoms with van der Waals surface area (Å²) in [5.41, 5.74) is 17.3. The van der Waals surface area contributed by atoms with Crippen molar-refractivity contribution >= 4 is 49.8 Å². The topological polar surface area (TPSA) is 16.4 Å². The molecule has 10 aromatic rings. The molecule has 0 amide bonds. The van der Waals surface area contributed by atoms with Crippen LogP contribution in [0.3, 0.4) is 0 Å². The molecule has 0 aliphatic heterocycles. The molecular weight excluding hydrogens is 691 g/mol. The van der Waals surface area contributed by atoms with E-state index >= 15 is 0 Å². The molecule has 2 nitrogen and oxygen atoms in total. The fourth-order valence-electron chi connectivity index (χ4n) is 9.23. The van der Waals surface area contributed by atoms with Crippen LogP contribution in [-0.4, -0.2) is 0 Å². The molecule has 1 aliphatic rings. The van der Waals surface area contributed by atoms with Gasteiger partial charge in [0, 0.05) is 33.1 Å². The van der Waals surface area contributed by atoms with Crippen LogP contribution < -0.4 is 4.90 Å². The van der Waals surface area contributed by atoms with Crippen molar-refractivity contribution in [1.29, 1.82) is 0 Å². The van der Waals surface area contributed by atoms with Crippen molar-refractivity contribution in [2.45, 2.75) is 19.3 Å². The SMILES string of the molecule is CC1(C)c2ccccc2-c2cc(-c3cc(-c4cccc(N(c5ccccc5)c5cc6ccccc6cc5-c5ccccc5)c4)cc4oc5ccccc5c34)ccc21. The van der Waals surface area contributed by atoms with E-state index in [0.717, 1.165) is 50.1 Å². The molecule has 270 valence electrons. The number of hydrogen-bond acceptors (Lipinski definition) is 2. The molecular formula is C55H39NO. The summed E-state index contributed by atoms with van der Waals surface area (Å²) in [6.45, 7) is 4.68. The van der Waals surface area contributed by atoms with Crippen molar-refractivity contribution in [1.82, 2.24) is 0 Å². The highest BCUT2D eigenvalue weighted by Crippen LogP contribution is 2.51. The van der Waals surface area contributed by atoms with Gasteiger partial charge in [0.05, 0.1) is 5.69 Å². The fraction of sp³-hybridized carbons (Fsp3) is 0.0545. The Morgan fingerprint density at radius 1 is 0.386 bits per heavy atom. The van der Waals surface area contributed by atoms with Crippen LogP contribution in [-0.2, 0) is 5.41 Å². The third kappa shape index (κ3) is 5.40. The van der Waals surface area contributed by atoms with E-state index in [-0.39, 0.29) is 5.41 Å². The van der Waals surface area contributed by atoms with E-state index in [9.17, 15) is 0 Å². The lowest BCUT2D eigenvalue weighted by Gasteiger charge is -2.29. The first kappa shape index (κ1) is 33.2. The second-order valence-corrected chi connectivity index (χ2v) is 15.7. The predicted molar refractivity (Wildman–Crippen MR) is 240 cm³/mol. The monoisotopic (exact) mass is 729 g/mol. The molecule has 9 aromatic carbocycles. The summed E-state index contributed by atoms with van der Waals surface area (Å²) < 4.78 is 6.67. The molecule has 0 fully saturated rings. The maximum absolute atomic E-state index is 6.67. The van der Waals surface area contributed by atoms with E-state index in [1.165, 1.54) is 55.3 Å². The minimum atomic E-state index is -0.0551. The van der Waals surface area contributed by atoms with Gasteiger partial charge < -0.3 is 9.32 Å². The van der Waals surface area contributed by atoms with Gasteiger partial charge in [0.2, 0.25) is 0 Å². The van der Waals surface area contributed by atoms with E-state index in [4.69, 9.17) is 4.42 Å². The Labute approximate surface area is 332 Å². The molecule has 0 unspecified atom stereocenters. The van der Waals surface area contributed by atoms with E-state index < -0.39 is 0 Å². The summed E-state index contributed by atoms with van der Waals surface area (Å²) in [5, 5.41) is 4.69. The number of nitrogens with zero attached hydrogens (tertiary/aromatic N) is 1. The number of rotatable bonds is 6. The maximum Gasteiger partial charge on any atom is 0.136 e. The lowest BCUT2D eigenvalue weighted by atomic mass is 9.82. The normalized spacial score (nSPS) is 12.9. The number of benzene rings is 9. The minimum Gasteiger partial charge on any atom is -0.456 e. The lowest BCUT2D eigenvalue weighted by molar-refractivity contribution is 0.660. The van der Waals surface area contributed by atoms with E-state index in [2.05, 4.69) is 219 Å². The largest absolute Gasteiger partial charge is 0.456 e. The van der Waals surface area contributed by atoms with Gasteiger partial charge in [0.1, 0.15) is 11.2 Å². The first-order chi connectivity index (χ1) is 28.0. The van der Waals surface area contributed by atoms with Crippen LogP contribution in [0, 0.1) is 0 Å². The number of hydrogen-bond donors (Lipinski definition) is 0. The van der Waals surface area contributed by atoms with Gasteiger partial charge in [-0.1, -0.05) is 153 Å². The molecule has 0 bridgehead atoms. The highest BCUT2D eigenvalue weighted by atomic mass is 16.3. The molecule has 0 N–H and O–H groups in total. The summed E-state index contributed by atoms with van der Waals surface area (Å²) in [7, 11) is 0. The van der Waals surface area contributed by atoms with Gasteiger partial charge in [-0.2, -0.15) is 0 Å². The summed E-state index contributed by atoms with van der Waals surface area (Å²) in [6.07, 6.45) is 0. The highest BCUT2D eigenvalue weighted by Gasteiger charge is 2.35. The molecule has 1 aromatic heterocycles. The van der Waals surface area contributed by atoms with Gasteiger partial charge in [0.25, 0.3) is 0 Å². The molecule has 57 heavy (non-hydrogen) atoms. The Kier molecular flexibility index (Phi) is 7.55. The standard InChI is InChI=1S/C55H39NO/c1-55(2)49-26-13-11-24-44(49)48-32-40(28-29-50(48)55)47-33-41(35-53-54(47)45-25-12-14-27-52(45)57-53)37-20-15-23-43(30-37)56(42-21-7-4-8-22-42)51-34-39-19-10-9-18-38(39)31-46(51)36-16-5-3-6-17-36/h3-35H,1-2H3. The van der Waals surface area contributed by atoms with Gasteiger partial charge in [-0.15, -0.1) is 0 Å². The average Bonchev–Trinajstić information content (AvgIpc) is 3.75. The van der Waals surface area contributed by atoms with Gasteiger partial charge in [0.15, 0.2) is 0 Å². The van der Waals surface area contributed by atoms with Crippen LogP contribution in [0.15, 0.2) is 205 Å². The van der Waals surface area contributed by atoms with Crippen LogP contribution in [0.2, 0.25) is 0 Å². The molecule has 1 aliphatic carbocycles. The van der Waals surface area contributed by atoms with E-state index in [1.807, 2.05) is 0 Å². The zero-order chi connectivity index (χ0) is 38.1. The zero-order valence-corrected chi connectivity index (χ0v) is 31.9. The van der Waals surface area contributed by atoms with Crippen LogP contribution in [0.4, 0.5) is 17.1 Å². The Balaban J connectivity index is 1.12. The van der Waals surface area contributed by atoms with Crippen molar-refractivity contribution in [3.05, 3.63) is 211 Å². The Bertz CT molecular complexity index is 3150. The van der Waals surface area contributed by atoms with Gasteiger partial charge >= 0.3 is 0 Å². The molecule has 2 heteroatoms. The van der Waals surface area contributed by atoms with Gasteiger partial charge in [-0.25, -0.2) is 0 Å². The minimum absolute atomic E-state index is 0.0551. The van der Waals surface area contributed by atoms with Crippen LogP contribution >= 0.6 is 0 Å². The quantitative estimate of drug-likeness (QED) is 0.169. The van der Waals surface area contributed by atoms with Crippen LogP contribution in [0.5, 0.6) is 0 Å². The van der Waals surface area contributed by atoms with Crippen LogP contribution in [0.25, 0.3) is 77.2 Å². The molecule has 0 spiro atoms. The number of anilines is 3. The third-order valence-corrected chi connectivity index (χ3v) is 12.0. The first-order valence-electron chi connectivity index (χ1n) is 19.8. The second-order valence-electron chi connectivity index (χ2n) is 15.7. The lowest BCUT2D eigenvalue weighted by Crippen LogP contribution is -2.14. The van der Waals surface area contributed by atoms with Gasteiger partial charge in [-0.3, -0.25) is 0 Å². The first-order valence-corrected chi connectivity index (χ1v) is 19.8. The van der Waals surface area contributed by atoms with Crippen molar-refractivity contribution in [2.75, 3.05) is 4.90 Å². The average molecular weight is 730 g/mol. The van der Waals surface area contributed by atoms with Crippen LogP contribution in [0.1, 0.15) is 25.0 Å². The van der Waals surface area contributed by atoms with Crippen molar-refractivity contribution in [3.8, 4) is 44.5 Å². The molecule has 0 atom stereocenters. The van der Waals surface area contributed by atoms with Gasteiger partial charge in [-0.05, 0) is 122 Å². The second kappa shape index (κ2) is 13.0. The zero-order valence-electron chi connectivity index (χ0n) is 31.9. The summed E-state index contributed by atoms with van der Waals surface area (Å²) in [4.78, 5) is 2.40. The predicted octanol–water partition coefficient (Wildman–Crippen LogP) is 15.5. The fourth-order valence-corrected chi connectivity index (χ4v) is 9.23. The number of furan rings is 1. The molecule has 0 radical (unpaired) electrons. The smallest absolute Gasteiger partial charge is 0.136 e. The summed E-state index contributed by atoms with van der Waals surface area (Å²) in [5.74, 6) is 0. The maximum atomic E-state index is 6.67. The number of para-hydroxylation sites is 2. The molecule has 0 saturated carbocycles. The summed E-state index contributed by atoms with van der Waals surface area (Å²) >= 11 is 0. The van der Waals surface area contributed by atoms with E-state index in [0.29, 0.717) is 0 Å². The number of fused-ring (bicyclic) bond motifs is 7. The van der Waals surface area contributed by atoms with E-state index in [1.54, 1.807) is 0 Å². The van der Waals surface area contributed by atoms with Crippen molar-refractivity contribution in [2.24, 2.45) is 0 Å². The summed E-state index contributed by atoms with van der Waals surface area (Å²) in [6, 6.07) is 72.6. The Morgan fingerprint density at radius 3 is 1.88 bits per heavy atom. The third-order valence-electron chi connectivity index (χ3n) is 12.0. The Morgan fingerprint density at radius 2 is 1.04 bits per heavy atom. The highest BCUT2D eigenvalue weighted by molar-refractivity contribution is 6.14. The molecule has 1 heterocycles. The van der Waals surface area contributed by atoms with Crippen molar-refractivity contribution in [3.63, 3.8) is 0 Å². The Hall–Kier alpha value is -7.16. The molecule has 0 saturated heterocycles. The van der Waals surface area contributed by atoms with Crippen molar-refractivity contribution < 1.29 is 4.42 Å². The molecule has 11 rings (SSSR count).